The van der Waals surface area contributed by atoms with E-state index in [4.69, 9.17) is 0 Å². The molecular formula is C17H22N6. The second kappa shape index (κ2) is 6.75. The third-order valence-electron chi connectivity index (χ3n) is 3.82. The van der Waals surface area contributed by atoms with Crippen molar-refractivity contribution in [3.63, 3.8) is 0 Å². The number of hydrogen-bond acceptors (Lipinski definition) is 4. The number of benzene rings is 1. The molecule has 0 spiro atoms. The Hall–Kier alpha value is -2.47. The molecule has 0 aliphatic carbocycles. The van der Waals surface area contributed by atoms with Gasteiger partial charge in [0, 0.05) is 18.3 Å². The number of aromatic nitrogens is 5. The minimum atomic E-state index is 0.350. The standard InChI is InChI=1S/C17H22N6/c1-13-8-15(3)22(21-13)10-14(2)19-9-16-4-6-17(7-5-16)23-12-18-11-20-23/h4-8,11-12,14,19H,9-10H2,1-3H3/t14-/m1/s1. The lowest BCUT2D eigenvalue weighted by Crippen LogP contribution is -2.30. The van der Waals surface area contributed by atoms with E-state index in [0.717, 1.165) is 24.5 Å². The van der Waals surface area contributed by atoms with Crippen LogP contribution in [0.5, 0.6) is 0 Å². The van der Waals surface area contributed by atoms with E-state index in [9.17, 15) is 0 Å². The zero-order valence-corrected chi connectivity index (χ0v) is 13.8. The van der Waals surface area contributed by atoms with Gasteiger partial charge in [-0.25, -0.2) is 9.67 Å². The summed E-state index contributed by atoms with van der Waals surface area (Å²) < 4.78 is 3.81. The van der Waals surface area contributed by atoms with Gasteiger partial charge in [0.25, 0.3) is 0 Å². The maximum atomic E-state index is 4.51. The summed E-state index contributed by atoms with van der Waals surface area (Å²) in [6, 6.07) is 10.8. The van der Waals surface area contributed by atoms with Crippen molar-refractivity contribution >= 4 is 0 Å². The van der Waals surface area contributed by atoms with Gasteiger partial charge < -0.3 is 5.32 Å². The van der Waals surface area contributed by atoms with E-state index >= 15 is 0 Å². The first kappa shape index (κ1) is 15.4. The lowest BCUT2D eigenvalue weighted by molar-refractivity contribution is 0.444. The Morgan fingerprint density at radius 1 is 1.17 bits per heavy atom. The van der Waals surface area contributed by atoms with Crippen molar-refractivity contribution in [2.45, 2.75) is 39.9 Å². The fraction of sp³-hybridized carbons (Fsp3) is 0.353. The smallest absolute Gasteiger partial charge is 0.138 e. The molecule has 6 heteroatoms. The average Bonchev–Trinajstić information content (AvgIpc) is 3.16. The largest absolute Gasteiger partial charge is 0.308 e. The summed E-state index contributed by atoms with van der Waals surface area (Å²) in [5.74, 6) is 0. The maximum Gasteiger partial charge on any atom is 0.138 e. The highest BCUT2D eigenvalue weighted by Gasteiger charge is 2.07. The van der Waals surface area contributed by atoms with Crippen molar-refractivity contribution in [1.29, 1.82) is 0 Å². The van der Waals surface area contributed by atoms with Gasteiger partial charge in [0.1, 0.15) is 12.7 Å². The second-order valence-corrected chi connectivity index (χ2v) is 5.90. The molecule has 1 N–H and O–H groups in total. The molecule has 2 aromatic heterocycles. The van der Waals surface area contributed by atoms with Gasteiger partial charge in [-0.2, -0.15) is 10.2 Å². The van der Waals surface area contributed by atoms with Crippen LogP contribution in [0.1, 0.15) is 23.9 Å². The van der Waals surface area contributed by atoms with Crippen LogP contribution >= 0.6 is 0 Å². The average molecular weight is 310 g/mol. The van der Waals surface area contributed by atoms with Crippen LogP contribution in [0.2, 0.25) is 0 Å². The van der Waals surface area contributed by atoms with Gasteiger partial charge in [-0.3, -0.25) is 4.68 Å². The number of aryl methyl sites for hydroxylation is 2. The van der Waals surface area contributed by atoms with Crippen molar-refractivity contribution in [3.8, 4) is 5.69 Å². The van der Waals surface area contributed by atoms with E-state index < -0.39 is 0 Å². The fourth-order valence-electron chi connectivity index (χ4n) is 2.58. The summed E-state index contributed by atoms with van der Waals surface area (Å²) in [5.41, 5.74) is 4.53. The Bertz CT molecular complexity index is 742. The summed E-state index contributed by atoms with van der Waals surface area (Å²) in [6.45, 7) is 8.00. The van der Waals surface area contributed by atoms with Crippen LogP contribution < -0.4 is 5.32 Å². The van der Waals surface area contributed by atoms with Gasteiger partial charge >= 0.3 is 0 Å². The van der Waals surface area contributed by atoms with Crippen LogP contribution in [-0.4, -0.2) is 30.6 Å². The first-order valence-electron chi connectivity index (χ1n) is 7.80. The molecule has 120 valence electrons. The number of nitrogens with one attached hydrogen (secondary N) is 1. The van der Waals surface area contributed by atoms with Crippen LogP contribution in [0.4, 0.5) is 0 Å². The first-order valence-corrected chi connectivity index (χ1v) is 7.80. The van der Waals surface area contributed by atoms with Gasteiger partial charge in [-0.1, -0.05) is 12.1 Å². The lowest BCUT2D eigenvalue weighted by atomic mass is 10.2. The van der Waals surface area contributed by atoms with E-state index in [0.29, 0.717) is 6.04 Å². The molecule has 1 aromatic carbocycles. The van der Waals surface area contributed by atoms with Crippen LogP contribution in [0.15, 0.2) is 43.0 Å². The molecule has 3 rings (SSSR count). The zero-order valence-electron chi connectivity index (χ0n) is 13.8. The summed E-state index contributed by atoms with van der Waals surface area (Å²) in [6.07, 6.45) is 3.24. The van der Waals surface area contributed by atoms with Crippen LogP contribution in [0.3, 0.4) is 0 Å². The van der Waals surface area contributed by atoms with Gasteiger partial charge in [0.2, 0.25) is 0 Å². The quantitative estimate of drug-likeness (QED) is 0.758. The van der Waals surface area contributed by atoms with Gasteiger partial charge in [0.15, 0.2) is 0 Å². The van der Waals surface area contributed by atoms with Crippen molar-refractivity contribution in [1.82, 2.24) is 29.9 Å². The van der Waals surface area contributed by atoms with E-state index in [1.165, 1.54) is 17.6 Å². The molecule has 0 unspecified atom stereocenters. The number of nitrogens with zero attached hydrogens (tertiary/aromatic N) is 5. The Kier molecular flexibility index (Phi) is 4.52. The van der Waals surface area contributed by atoms with Gasteiger partial charge in [-0.15, -0.1) is 0 Å². The monoisotopic (exact) mass is 310 g/mol. The molecule has 3 aromatic rings. The Balaban J connectivity index is 1.54. The highest BCUT2D eigenvalue weighted by atomic mass is 15.3. The molecule has 0 amide bonds. The summed E-state index contributed by atoms with van der Waals surface area (Å²) in [7, 11) is 0. The SMILES string of the molecule is Cc1cc(C)n(C[C@@H](C)NCc2ccc(-n3cncn3)cc2)n1. The van der Waals surface area contributed by atoms with E-state index in [1.807, 2.05) is 6.92 Å². The topological polar surface area (TPSA) is 60.6 Å². The Labute approximate surface area is 136 Å². The molecular weight excluding hydrogens is 288 g/mol. The molecule has 23 heavy (non-hydrogen) atoms. The predicted octanol–water partition coefficient (Wildman–Crippen LogP) is 2.26. The lowest BCUT2D eigenvalue weighted by Gasteiger charge is -2.15. The molecule has 0 bridgehead atoms. The van der Waals surface area contributed by atoms with E-state index in [2.05, 4.69) is 69.4 Å². The van der Waals surface area contributed by atoms with Crippen molar-refractivity contribution in [3.05, 3.63) is 59.9 Å². The first-order chi connectivity index (χ1) is 11.1. The molecule has 0 fully saturated rings. The van der Waals surface area contributed by atoms with Crippen molar-refractivity contribution in [2.75, 3.05) is 0 Å². The normalized spacial score (nSPS) is 12.5. The molecule has 0 aliphatic rings. The zero-order chi connectivity index (χ0) is 16.2. The molecule has 2 heterocycles. The molecule has 0 saturated carbocycles. The highest BCUT2D eigenvalue weighted by Crippen LogP contribution is 2.08. The predicted molar refractivity (Wildman–Crippen MR) is 89.4 cm³/mol. The molecule has 0 radical (unpaired) electrons. The summed E-state index contributed by atoms with van der Waals surface area (Å²) in [4.78, 5) is 3.96. The third-order valence-corrected chi connectivity index (χ3v) is 3.82. The molecule has 0 aliphatic heterocycles. The van der Waals surface area contributed by atoms with Gasteiger partial charge in [-0.05, 0) is 44.5 Å². The van der Waals surface area contributed by atoms with Crippen LogP contribution in [0, 0.1) is 13.8 Å². The Morgan fingerprint density at radius 2 is 1.96 bits per heavy atom. The molecule has 1 atom stereocenters. The molecule has 6 nitrogen and oxygen atoms in total. The van der Waals surface area contributed by atoms with Gasteiger partial charge in [0.05, 0.1) is 17.9 Å². The van der Waals surface area contributed by atoms with Crippen LogP contribution in [-0.2, 0) is 13.1 Å². The minimum Gasteiger partial charge on any atom is -0.308 e. The Morgan fingerprint density at radius 3 is 2.57 bits per heavy atom. The molecule has 0 saturated heterocycles. The second-order valence-electron chi connectivity index (χ2n) is 5.90. The third kappa shape index (κ3) is 3.84. The number of hydrogen-bond donors (Lipinski definition) is 1. The fourth-order valence-corrected chi connectivity index (χ4v) is 2.58. The number of rotatable bonds is 6. The van der Waals surface area contributed by atoms with Crippen molar-refractivity contribution in [2.24, 2.45) is 0 Å². The maximum absolute atomic E-state index is 4.51. The van der Waals surface area contributed by atoms with Crippen molar-refractivity contribution < 1.29 is 0 Å². The highest BCUT2D eigenvalue weighted by molar-refractivity contribution is 5.33. The minimum absolute atomic E-state index is 0.350. The van der Waals surface area contributed by atoms with E-state index in [1.54, 1.807) is 11.0 Å². The van der Waals surface area contributed by atoms with E-state index in [-0.39, 0.29) is 0 Å². The summed E-state index contributed by atoms with van der Waals surface area (Å²) in [5, 5.41) is 12.2. The summed E-state index contributed by atoms with van der Waals surface area (Å²) >= 11 is 0. The van der Waals surface area contributed by atoms with Crippen LogP contribution in [0.25, 0.3) is 5.69 Å².